The lowest BCUT2D eigenvalue weighted by Crippen LogP contribution is -2.30. The molecule has 1 aliphatic rings. The maximum absolute atomic E-state index is 11.1. The number of hydrazine groups is 1. The van der Waals surface area contributed by atoms with E-state index in [2.05, 4.69) is 21.9 Å². The molecule has 1 aromatic heterocycles. The van der Waals surface area contributed by atoms with Crippen molar-refractivity contribution in [2.24, 2.45) is 5.84 Å². The highest BCUT2D eigenvalue weighted by Gasteiger charge is 2.18. The molecule has 1 heterocycles. The molecule has 5 heteroatoms. The van der Waals surface area contributed by atoms with Crippen LogP contribution in [0, 0.1) is 0 Å². The predicted molar refractivity (Wildman–Crippen MR) is 65.1 cm³/mol. The number of imidazole rings is 1. The maximum atomic E-state index is 11.1. The number of aryl methyl sites for hydroxylation is 1. The zero-order valence-corrected chi connectivity index (χ0v) is 10.3. The number of carbonyl (C=O) groups is 1. The van der Waals surface area contributed by atoms with Gasteiger partial charge in [0.25, 0.3) is 0 Å². The average Bonchev–Trinajstić information content (AvgIpc) is 2.79. The first-order valence-corrected chi connectivity index (χ1v) is 6.26. The summed E-state index contributed by atoms with van der Waals surface area (Å²) in [5.41, 5.74) is 4.76. The van der Waals surface area contributed by atoms with Crippen LogP contribution >= 0.6 is 0 Å². The van der Waals surface area contributed by atoms with Crippen LogP contribution in [0.3, 0.4) is 0 Å². The molecule has 0 fully saturated rings. The van der Waals surface area contributed by atoms with Crippen LogP contribution in [0.1, 0.15) is 50.0 Å². The molecule has 0 bridgehead atoms. The minimum Gasteiger partial charge on any atom is -0.332 e. The number of fused-ring (bicyclic) bond motifs is 1. The molecule has 17 heavy (non-hydrogen) atoms. The fourth-order valence-corrected chi connectivity index (χ4v) is 2.42. The number of nitrogens with zero attached hydrogens (tertiary/aromatic N) is 2. The van der Waals surface area contributed by atoms with Gasteiger partial charge in [0.15, 0.2) is 0 Å². The van der Waals surface area contributed by atoms with Gasteiger partial charge in [-0.2, -0.15) is 0 Å². The first-order valence-electron chi connectivity index (χ1n) is 6.26. The first kappa shape index (κ1) is 12.1. The molecule has 1 amide bonds. The largest absolute Gasteiger partial charge is 0.332 e. The lowest BCUT2D eigenvalue weighted by atomic mass is 10.0. The van der Waals surface area contributed by atoms with E-state index in [1.165, 1.54) is 24.2 Å². The third-order valence-electron chi connectivity index (χ3n) is 3.48. The number of nitrogens with two attached hydrogens (primary N) is 1. The van der Waals surface area contributed by atoms with Crippen molar-refractivity contribution in [1.82, 2.24) is 15.0 Å². The second-order valence-corrected chi connectivity index (χ2v) is 4.71. The molecule has 0 radical (unpaired) electrons. The van der Waals surface area contributed by atoms with E-state index < -0.39 is 0 Å². The van der Waals surface area contributed by atoms with Crippen molar-refractivity contribution < 1.29 is 4.79 Å². The van der Waals surface area contributed by atoms with Crippen LogP contribution in [0.25, 0.3) is 0 Å². The summed E-state index contributed by atoms with van der Waals surface area (Å²) in [5.74, 6) is 4.96. The Kier molecular flexibility index (Phi) is 3.78. The van der Waals surface area contributed by atoms with Crippen LogP contribution in [-0.4, -0.2) is 15.5 Å². The normalized spacial score (nSPS) is 16.4. The van der Waals surface area contributed by atoms with Gasteiger partial charge in [0.05, 0.1) is 12.0 Å². The van der Waals surface area contributed by atoms with E-state index >= 15 is 0 Å². The van der Waals surface area contributed by atoms with Crippen LogP contribution in [0.4, 0.5) is 0 Å². The molecule has 2 rings (SSSR count). The second kappa shape index (κ2) is 5.31. The molecule has 0 spiro atoms. The quantitative estimate of drug-likeness (QED) is 0.467. The first-order chi connectivity index (χ1) is 8.22. The standard InChI is InChI=1S/C12H20N4O/c1-9(6-7-12(17)15-13)16-8-14-10-4-2-3-5-11(10)16/h8-9H,2-7,13H2,1H3,(H,15,17). The Morgan fingerprint density at radius 2 is 2.35 bits per heavy atom. The monoisotopic (exact) mass is 236 g/mol. The summed E-state index contributed by atoms with van der Waals surface area (Å²) >= 11 is 0. The minimum atomic E-state index is -0.106. The number of hydrogen-bond donors (Lipinski definition) is 2. The average molecular weight is 236 g/mol. The highest BCUT2D eigenvalue weighted by atomic mass is 16.2. The van der Waals surface area contributed by atoms with Gasteiger partial charge in [-0.05, 0) is 39.0 Å². The van der Waals surface area contributed by atoms with Crippen molar-refractivity contribution in [3.05, 3.63) is 17.7 Å². The third kappa shape index (κ3) is 2.66. The van der Waals surface area contributed by atoms with Gasteiger partial charge in [-0.3, -0.25) is 10.2 Å². The molecule has 1 atom stereocenters. The topological polar surface area (TPSA) is 72.9 Å². The van der Waals surface area contributed by atoms with Crippen molar-refractivity contribution >= 4 is 5.91 Å². The number of nitrogens with one attached hydrogen (secondary N) is 1. The Bertz CT molecular complexity index is 399. The molecule has 3 N–H and O–H groups in total. The molecule has 1 unspecified atom stereocenters. The predicted octanol–water partition coefficient (Wildman–Crippen LogP) is 1.09. The van der Waals surface area contributed by atoms with E-state index in [9.17, 15) is 4.79 Å². The van der Waals surface area contributed by atoms with Gasteiger partial charge < -0.3 is 4.57 Å². The van der Waals surface area contributed by atoms with Crippen molar-refractivity contribution in [1.29, 1.82) is 0 Å². The summed E-state index contributed by atoms with van der Waals surface area (Å²) in [6.45, 7) is 2.13. The van der Waals surface area contributed by atoms with Crippen molar-refractivity contribution in [3.63, 3.8) is 0 Å². The van der Waals surface area contributed by atoms with Crippen molar-refractivity contribution in [3.8, 4) is 0 Å². The van der Waals surface area contributed by atoms with Crippen LogP contribution in [0.15, 0.2) is 6.33 Å². The van der Waals surface area contributed by atoms with Gasteiger partial charge in [0.1, 0.15) is 0 Å². The third-order valence-corrected chi connectivity index (χ3v) is 3.48. The lowest BCUT2D eigenvalue weighted by molar-refractivity contribution is -0.121. The second-order valence-electron chi connectivity index (χ2n) is 4.71. The van der Waals surface area contributed by atoms with Crippen molar-refractivity contribution in [2.75, 3.05) is 0 Å². The summed E-state index contributed by atoms with van der Waals surface area (Å²) in [6.07, 6.45) is 7.88. The van der Waals surface area contributed by atoms with Gasteiger partial charge in [-0.25, -0.2) is 10.8 Å². The zero-order chi connectivity index (χ0) is 12.3. The number of hydrogen-bond acceptors (Lipinski definition) is 3. The molecule has 0 saturated heterocycles. The smallest absolute Gasteiger partial charge is 0.233 e. The molecular formula is C12H20N4O. The fraction of sp³-hybridized carbons (Fsp3) is 0.667. The van der Waals surface area contributed by atoms with E-state index in [1.807, 2.05) is 6.33 Å². The number of amides is 1. The highest BCUT2D eigenvalue weighted by molar-refractivity contribution is 5.75. The van der Waals surface area contributed by atoms with Crippen LogP contribution in [-0.2, 0) is 17.6 Å². The minimum absolute atomic E-state index is 0.106. The summed E-state index contributed by atoms with van der Waals surface area (Å²) in [5, 5.41) is 0. The molecule has 0 saturated carbocycles. The molecule has 94 valence electrons. The Hall–Kier alpha value is -1.36. The SMILES string of the molecule is CC(CCC(=O)NN)n1cnc2c1CCCC2. The number of carbonyl (C=O) groups excluding carboxylic acids is 1. The van der Waals surface area contributed by atoms with Crippen molar-refractivity contribution in [2.45, 2.75) is 51.5 Å². The Labute approximate surface area is 101 Å². The maximum Gasteiger partial charge on any atom is 0.233 e. The Morgan fingerprint density at radius 3 is 3.12 bits per heavy atom. The Balaban J connectivity index is 2.01. The molecule has 1 aromatic rings. The van der Waals surface area contributed by atoms with Crippen LogP contribution in [0.5, 0.6) is 0 Å². The van der Waals surface area contributed by atoms with Crippen LogP contribution in [0.2, 0.25) is 0 Å². The van der Waals surface area contributed by atoms with E-state index in [0.717, 1.165) is 19.3 Å². The van der Waals surface area contributed by atoms with E-state index in [1.54, 1.807) is 0 Å². The van der Waals surface area contributed by atoms with Gasteiger partial charge in [0, 0.05) is 18.2 Å². The number of rotatable bonds is 4. The van der Waals surface area contributed by atoms with Crippen LogP contribution < -0.4 is 11.3 Å². The lowest BCUT2D eigenvalue weighted by Gasteiger charge is -2.19. The van der Waals surface area contributed by atoms with Gasteiger partial charge in [0.2, 0.25) is 5.91 Å². The van der Waals surface area contributed by atoms with E-state index in [-0.39, 0.29) is 5.91 Å². The zero-order valence-electron chi connectivity index (χ0n) is 10.3. The summed E-state index contributed by atoms with van der Waals surface area (Å²) in [4.78, 5) is 15.6. The summed E-state index contributed by atoms with van der Waals surface area (Å²) in [7, 11) is 0. The molecular weight excluding hydrogens is 216 g/mol. The highest BCUT2D eigenvalue weighted by Crippen LogP contribution is 2.24. The van der Waals surface area contributed by atoms with E-state index in [4.69, 9.17) is 5.84 Å². The Morgan fingerprint density at radius 1 is 1.59 bits per heavy atom. The molecule has 1 aliphatic carbocycles. The summed E-state index contributed by atoms with van der Waals surface area (Å²) in [6, 6.07) is 0.307. The molecule has 5 nitrogen and oxygen atoms in total. The van der Waals surface area contributed by atoms with E-state index in [0.29, 0.717) is 12.5 Å². The van der Waals surface area contributed by atoms with Gasteiger partial charge in [-0.1, -0.05) is 0 Å². The summed E-state index contributed by atoms with van der Waals surface area (Å²) < 4.78 is 2.22. The molecule has 0 aliphatic heterocycles. The fourth-order valence-electron chi connectivity index (χ4n) is 2.42. The molecule has 0 aromatic carbocycles. The van der Waals surface area contributed by atoms with Gasteiger partial charge in [-0.15, -0.1) is 0 Å². The number of aromatic nitrogens is 2. The van der Waals surface area contributed by atoms with Gasteiger partial charge >= 0.3 is 0 Å².